The number of fused-ring (bicyclic) bond motifs is 1. The van der Waals surface area contributed by atoms with Crippen molar-refractivity contribution in [3.63, 3.8) is 0 Å². The topological polar surface area (TPSA) is 0 Å². The zero-order chi connectivity index (χ0) is 15.1. The lowest BCUT2D eigenvalue weighted by molar-refractivity contribution is -0.281. The molecule has 1 unspecified atom stereocenters. The largest absolute Gasteiger partial charge is 0.454 e. The maximum absolute atomic E-state index is 13.5. The number of hydrogen-bond donors (Lipinski definition) is 0. The van der Waals surface area contributed by atoms with Gasteiger partial charge in [-0.15, -0.1) is 0 Å². The molecule has 2 rings (SSSR count). The smallest absolute Gasteiger partial charge is 0.195 e. The van der Waals surface area contributed by atoms with E-state index in [1.54, 1.807) is 18.2 Å². The van der Waals surface area contributed by atoms with Gasteiger partial charge in [0.1, 0.15) is 4.83 Å². The lowest BCUT2D eigenvalue weighted by Crippen LogP contribution is -2.40. The van der Waals surface area contributed by atoms with E-state index in [0.717, 1.165) is 0 Å². The van der Waals surface area contributed by atoms with Crippen LogP contribution in [-0.4, -0.2) is 12.1 Å². The molecule has 0 bridgehead atoms. The molecular formula is C13H7Br2F5. The molecule has 0 aliphatic carbocycles. The van der Waals surface area contributed by atoms with Crippen molar-refractivity contribution >= 4 is 42.6 Å². The minimum Gasteiger partial charge on any atom is -0.195 e. The van der Waals surface area contributed by atoms with Crippen LogP contribution in [0, 0.1) is 0 Å². The maximum Gasteiger partial charge on any atom is 0.454 e. The van der Waals surface area contributed by atoms with Crippen molar-refractivity contribution in [3.05, 3.63) is 46.4 Å². The van der Waals surface area contributed by atoms with Crippen molar-refractivity contribution in [1.29, 1.82) is 0 Å². The predicted molar refractivity (Wildman–Crippen MR) is 74.3 cm³/mol. The Labute approximate surface area is 128 Å². The van der Waals surface area contributed by atoms with E-state index in [4.69, 9.17) is 0 Å². The molecule has 0 fully saturated rings. The first-order valence-corrected chi connectivity index (χ1v) is 7.13. The van der Waals surface area contributed by atoms with Crippen molar-refractivity contribution in [3.8, 4) is 0 Å². The van der Waals surface area contributed by atoms with E-state index in [1.807, 2.05) is 0 Å². The molecule has 108 valence electrons. The van der Waals surface area contributed by atoms with E-state index in [0.29, 0.717) is 15.2 Å². The second-order valence-corrected chi connectivity index (χ2v) is 5.94. The molecule has 0 aliphatic heterocycles. The van der Waals surface area contributed by atoms with Crippen molar-refractivity contribution in [2.24, 2.45) is 0 Å². The third-order valence-corrected chi connectivity index (χ3v) is 4.63. The number of halogens is 7. The van der Waals surface area contributed by atoms with Gasteiger partial charge in [0.15, 0.2) is 0 Å². The van der Waals surface area contributed by atoms with Gasteiger partial charge in [-0.1, -0.05) is 62.2 Å². The molecule has 0 spiro atoms. The SMILES string of the molecule is FC(F)(F)C(F)(F)C(Br)c1ccc(Br)c2ccccc12. The van der Waals surface area contributed by atoms with Crippen LogP contribution in [-0.2, 0) is 0 Å². The summed E-state index contributed by atoms with van der Waals surface area (Å²) in [6.07, 6.45) is -5.62. The first-order valence-electron chi connectivity index (χ1n) is 5.42. The van der Waals surface area contributed by atoms with Gasteiger partial charge in [-0.25, -0.2) is 0 Å². The molecule has 2 aromatic rings. The number of alkyl halides is 6. The monoisotopic (exact) mass is 416 g/mol. The van der Waals surface area contributed by atoms with Crippen molar-refractivity contribution in [1.82, 2.24) is 0 Å². The van der Waals surface area contributed by atoms with Gasteiger partial charge in [-0.05, 0) is 22.4 Å². The summed E-state index contributed by atoms with van der Waals surface area (Å²) in [5, 5.41) is 0.917. The zero-order valence-corrected chi connectivity index (χ0v) is 12.9. The van der Waals surface area contributed by atoms with Gasteiger partial charge in [-0.3, -0.25) is 0 Å². The van der Waals surface area contributed by atoms with Crippen LogP contribution in [0.5, 0.6) is 0 Å². The zero-order valence-electron chi connectivity index (χ0n) is 9.69. The average Bonchev–Trinajstić information content (AvgIpc) is 2.37. The molecule has 0 saturated heterocycles. The Morgan fingerprint density at radius 1 is 0.850 bits per heavy atom. The second-order valence-electron chi connectivity index (χ2n) is 4.17. The molecule has 0 aliphatic rings. The Morgan fingerprint density at radius 3 is 1.95 bits per heavy atom. The highest BCUT2D eigenvalue weighted by atomic mass is 79.9. The molecule has 2 aromatic carbocycles. The Bertz CT molecular complexity index is 636. The summed E-state index contributed by atoms with van der Waals surface area (Å²) in [6, 6.07) is 9.14. The van der Waals surface area contributed by atoms with Gasteiger partial charge in [0, 0.05) is 4.47 Å². The van der Waals surface area contributed by atoms with E-state index in [-0.39, 0.29) is 5.56 Å². The van der Waals surface area contributed by atoms with Crippen LogP contribution in [0.4, 0.5) is 22.0 Å². The summed E-state index contributed by atoms with van der Waals surface area (Å²) in [7, 11) is 0. The highest BCUT2D eigenvalue weighted by Crippen LogP contribution is 2.50. The summed E-state index contributed by atoms with van der Waals surface area (Å²) in [4.78, 5) is -2.15. The van der Waals surface area contributed by atoms with Crippen LogP contribution in [0.15, 0.2) is 40.9 Å². The van der Waals surface area contributed by atoms with Gasteiger partial charge in [0.25, 0.3) is 0 Å². The number of hydrogen-bond acceptors (Lipinski definition) is 0. The Balaban J connectivity index is 2.62. The normalized spacial score (nSPS) is 14.6. The van der Waals surface area contributed by atoms with Gasteiger partial charge in [-0.2, -0.15) is 22.0 Å². The van der Waals surface area contributed by atoms with E-state index in [2.05, 4.69) is 31.9 Å². The highest BCUT2D eigenvalue weighted by Gasteiger charge is 2.62. The molecule has 1 atom stereocenters. The fourth-order valence-corrected chi connectivity index (χ4v) is 2.98. The van der Waals surface area contributed by atoms with E-state index < -0.39 is 16.9 Å². The van der Waals surface area contributed by atoms with Gasteiger partial charge < -0.3 is 0 Å². The fraction of sp³-hybridized carbons (Fsp3) is 0.231. The molecule has 0 amide bonds. The standard InChI is InChI=1S/C13H7Br2F5/c14-10-6-5-9(7-3-1-2-4-8(7)10)11(15)12(16,17)13(18,19)20/h1-6,11H. The molecule has 0 N–H and O–H groups in total. The lowest BCUT2D eigenvalue weighted by Gasteiger charge is -2.25. The fourth-order valence-electron chi connectivity index (χ4n) is 1.85. The van der Waals surface area contributed by atoms with Crippen molar-refractivity contribution < 1.29 is 22.0 Å². The summed E-state index contributed by atoms with van der Waals surface area (Å²) >= 11 is 5.75. The third kappa shape index (κ3) is 2.57. The molecule has 0 saturated carbocycles. The molecule has 7 heteroatoms. The van der Waals surface area contributed by atoms with Crippen molar-refractivity contribution in [2.45, 2.75) is 16.9 Å². The first-order chi connectivity index (χ1) is 9.16. The number of rotatable bonds is 2. The van der Waals surface area contributed by atoms with Crippen LogP contribution in [0.3, 0.4) is 0 Å². The molecular weight excluding hydrogens is 411 g/mol. The first kappa shape index (κ1) is 15.7. The van der Waals surface area contributed by atoms with Crippen LogP contribution in [0.2, 0.25) is 0 Å². The number of benzene rings is 2. The van der Waals surface area contributed by atoms with Gasteiger partial charge in [0.05, 0.1) is 0 Å². The average molecular weight is 418 g/mol. The second kappa shape index (κ2) is 5.26. The summed E-state index contributed by atoms with van der Waals surface area (Å²) in [5.41, 5.74) is -0.105. The van der Waals surface area contributed by atoms with Crippen LogP contribution < -0.4 is 0 Å². The summed E-state index contributed by atoms with van der Waals surface area (Å²) in [5.74, 6) is -4.86. The third-order valence-electron chi connectivity index (χ3n) is 2.87. The highest BCUT2D eigenvalue weighted by molar-refractivity contribution is 9.10. The quantitative estimate of drug-likeness (QED) is 0.401. The summed E-state index contributed by atoms with van der Waals surface area (Å²) in [6.45, 7) is 0. The van der Waals surface area contributed by atoms with Crippen LogP contribution in [0.1, 0.15) is 10.4 Å². The Morgan fingerprint density at radius 2 is 1.40 bits per heavy atom. The minimum atomic E-state index is -5.62. The van der Waals surface area contributed by atoms with Crippen LogP contribution >= 0.6 is 31.9 Å². The Hall–Kier alpha value is -0.690. The summed E-state index contributed by atoms with van der Waals surface area (Å²) < 4.78 is 64.9. The molecule has 20 heavy (non-hydrogen) atoms. The minimum absolute atomic E-state index is 0.105. The molecule has 0 nitrogen and oxygen atoms in total. The van der Waals surface area contributed by atoms with Crippen LogP contribution in [0.25, 0.3) is 10.8 Å². The molecule has 0 radical (unpaired) electrons. The van der Waals surface area contributed by atoms with E-state index >= 15 is 0 Å². The van der Waals surface area contributed by atoms with Gasteiger partial charge >= 0.3 is 12.1 Å². The lowest BCUT2D eigenvalue weighted by atomic mass is 9.99. The molecule has 0 heterocycles. The predicted octanol–water partition coefficient (Wildman–Crippen LogP) is 6.24. The van der Waals surface area contributed by atoms with Crippen molar-refractivity contribution in [2.75, 3.05) is 0 Å². The Kier molecular flexibility index (Phi) is 4.12. The van der Waals surface area contributed by atoms with Gasteiger partial charge in [0.2, 0.25) is 0 Å². The maximum atomic E-state index is 13.5. The van der Waals surface area contributed by atoms with E-state index in [9.17, 15) is 22.0 Å². The molecule has 0 aromatic heterocycles. The van der Waals surface area contributed by atoms with E-state index in [1.165, 1.54) is 18.2 Å².